The third-order valence-corrected chi connectivity index (χ3v) is 7.54. The molecule has 13 nitrogen and oxygen atoms in total. The third-order valence-electron chi connectivity index (χ3n) is 5.76. The van der Waals surface area contributed by atoms with Gasteiger partial charge < -0.3 is 20.7 Å². The lowest BCUT2D eigenvalue weighted by atomic mass is 10.2. The number of carbonyl (C=O) groups excluding carboxylic acids is 2. The highest BCUT2D eigenvalue weighted by molar-refractivity contribution is 7.90. The van der Waals surface area contributed by atoms with E-state index in [0.717, 1.165) is 0 Å². The number of sulfonamides is 1. The smallest absolute Gasteiger partial charge is 0.269 e. The monoisotopic (exact) mass is 522 g/mol. The number of nitrogen functional groups attached to an aromatic ring is 1. The number of benzene rings is 2. The summed E-state index contributed by atoms with van der Waals surface area (Å²) in [5, 5.41) is 11.0. The lowest BCUT2D eigenvalue weighted by Gasteiger charge is -2.28. The number of hydrogen-bond acceptors (Lipinski definition) is 11. The Morgan fingerprint density at radius 2 is 1.78 bits per heavy atom. The summed E-state index contributed by atoms with van der Waals surface area (Å²) in [7, 11) is -4.07. The van der Waals surface area contributed by atoms with E-state index in [4.69, 9.17) is 10.5 Å². The molecular formula is C23H22N8O5S. The normalized spacial score (nSPS) is 16.7. The first-order chi connectivity index (χ1) is 17.8. The molecule has 3 heterocycles. The van der Waals surface area contributed by atoms with Crippen LogP contribution in [-0.2, 0) is 19.6 Å². The molecule has 0 aliphatic carbocycles. The number of anilines is 3. The third kappa shape index (κ3) is 4.83. The Bertz CT molecular complexity index is 1490. The zero-order valence-electron chi connectivity index (χ0n) is 19.4. The van der Waals surface area contributed by atoms with E-state index in [1.807, 2.05) is 4.90 Å². The molecule has 0 radical (unpaired) electrons. The molecule has 1 saturated heterocycles. The number of rotatable bonds is 6. The minimum atomic E-state index is -4.07. The van der Waals surface area contributed by atoms with Crippen LogP contribution in [0.15, 0.2) is 70.0 Å². The lowest BCUT2D eigenvalue weighted by Crippen LogP contribution is -2.37. The van der Waals surface area contributed by atoms with Crippen molar-refractivity contribution in [2.45, 2.75) is 4.90 Å². The molecule has 2 aromatic carbocycles. The summed E-state index contributed by atoms with van der Waals surface area (Å²) in [6.07, 6.45) is 1.37. The quantitative estimate of drug-likeness (QED) is 0.460. The first-order valence-corrected chi connectivity index (χ1v) is 12.7. The molecule has 14 heteroatoms. The second kappa shape index (κ2) is 9.91. The van der Waals surface area contributed by atoms with E-state index >= 15 is 0 Å². The van der Waals surface area contributed by atoms with Crippen molar-refractivity contribution in [2.24, 2.45) is 10.2 Å². The molecule has 2 aliphatic rings. The Morgan fingerprint density at radius 3 is 2.51 bits per heavy atom. The number of nitrogens with zero attached hydrogens (tertiary/aromatic N) is 6. The Hall–Kier alpha value is -4.43. The maximum Gasteiger partial charge on any atom is 0.269 e. The fourth-order valence-corrected chi connectivity index (χ4v) is 5.45. The van der Waals surface area contributed by atoms with Gasteiger partial charge in [-0.05, 0) is 36.4 Å². The van der Waals surface area contributed by atoms with Gasteiger partial charge in [-0.15, -0.1) is 5.11 Å². The van der Waals surface area contributed by atoms with Crippen LogP contribution in [0.4, 0.5) is 28.7 Å². The average molecular weight is 523 g/mol. The molecule has 0 bridgehead atoms. The molecule has 190 valence electrons. The average Bonchev–Trinajstić information content (AvgIpc) is 3.10. The van der Waals surface area contributed by atoms with Gasteiger partial charge in [0.1, 0.15) is 17.8 Å². The molecule has 3 N–H and O–H groups in total. The van der Waals surface area contributed by atoms with Crippen molar-refractivity contribution in [3.63, 3.8) is 0 Å². The van der Waals surface area contributed by atoms with Crippen LogP contribution in [0.2, 0.25) is 0 Å². The molecule has 3 aromatic rings. The van der Waals surface area contributed by atoms with Gasteiger partial charge in [-0.2, -0.15) is 5.11 Å². The Labute approximate surface area is 212 Å². The van der Waals surface area contributed by atoms with Crippen LogP contribution in [0.1, 0.15) is 10.4 Å². The van der Waals surface area contributed by atoms with Crippen LogP contribution in [0, 0.1) is 0 Å². The molecule has 37 heavy (non-hydrogen) atoms. The summed E-state index contributed by atoms with van der Waals surface area (Å²) >= 11 is 0. The van der Waals surface area contributed by atoms with E-state index < -0.39 is 28.4 Å². The number of ether oxygens (including phenoxy) is 1. The largest absolute Gasteiger partial charge is 0.382 e. The zero-order valence-corrected chi connectivity index (χ0v) is 20.3. The zero-order chi connectivity index (χ0) is 26.0. The van der Waals surface area contributed by atoms with E-state index in [1.165, 1.54) is 24.5 Å². The molecule has 0 unspecified atom stereocenters. The van der Waals surface area contributed by atoms with Gasteiger partial charge in [-0.25, -0.2) is 22.7 Å². The van der Waals surface area contributed by atoms with Crippen LogP contribution in [0.25, 0.3) is 0 Å². The number of fused-ring (bicyclic) bond motifs is 1. The first kappa shape index (κ1) is 24.3. The molecule has 0 saturated carbocycles. The highest BCUT2D eigenvalue weighted by Gasteiger charge is 2.41. The predicted molar refractivity (Wildman–Crippen MR) is 133 cm³/mol. The summed E-state index contributed by atoms with van der Waals surface area (Å²) in [4.78, 5) is 35.2. The van der Waals surface area contributed by atoms with Gasteiger partial charge in [-0.1, -0.05) is 12.1 Å². The van der Waals surface area contributed by atoms with Crippen LogP contribution >= 0.6 is 0 Å². The highest BCUT2D eigenvalue weighted by atomic mass is 32.2. The van der Waals surface area contributed by atoms with Gasteiger partial charge in [0, 0.05) is 18.8 Å². The van der Waals surface area contributed by atoms with Gasteiger partial charge in [0.2, 0.25) is 5.91 Å². The number of morpholine rings is 1. The van der Waals surface area contributed by atoms with Crippen molar-refractivity contribution in [3.8, 4) is 0 Å². The van der Waals surface area contributed by atoms with Crippen molar-refractivity contribution < 1.29 is 22.7 Å². The number of hydrogen-bond donors (Lipinski definition) is 2. The minimum absolute atomic E-state index is 0.0474. The van der Waals surface area contributed by atoms with Crippen molar-refractivity contribution in [1.29, 1.82) is 0 Å². The molecule has 0 atom stereocenters. The molecule has 1 fully saturated rings. The summed E-state index contributed by atoms with van der Waals surface area (Å²) in [5.41, 5.74) is 7.27. The topological polar surface area (TPSA) is 173 Å². The van der Waals surface area contributed by atoms with E-state index in [2.05, 4.69) is 25.5 Å². The maximum atomic E-state index is 12.6. The summed E-state index contributed by atoms with van der Waals surface area (Å²) in [6.45, 7) is 1.78. The minimum Gasteiger partial charge on any atom is -0.382 e. The van der Waals surface area contributed by atoms with Gasteiger partial charge in [0.15, 0.2) is 17.3 Å². The molecule has 1 aromatic heterocycles. The standard InChI is InChI=1S/C23H22N8O5S/c24-21-20(22(26-14-25-21)30-9-11-36-12-10-30)29-28-16-7-5-15(6-8-16)27-19(32)13-31-23(33)17-3-1-2-4-18(17)37(31,34)35/h1-8,14H,9-13H2,(H,27,32)(H2,24,25,26). The van der Waals surface area contributed by atoms with Gasteiger partial charge in [0.25, 0.3) is 15.9 Å². The maximum absolute atomic E-state index is 12.6. The number of nitrogens with two attached hydrogens (primary N) is 1. The van der Waals surface area contributed by atoms with Gasteiger partial charge in [-0.3, -0.25) is 9.59 Å². The van der Waals surface area contributed by atoms with E-state index in [1.54, 1.807) is 30.3 Å². The van der Waals surface area contributed by atoms with Crippen molar-refractivity contribution in [1.82, 2.24) is 14.3 Å². The molecule has 2 amide bonds. The number of azo groups is 1. The number of amides is 2. The lowest BCUT2D eigenvalue weighted by molar-refractivity contribution is -0.116. The molecule has 2 aliphatic heterocycles. The van der Waals surface area contributed by atoms with Gasteiger partial charge in [0.05, 0.1) is 24.5 Å². The van der Waals surface area contributed by atoms with Crippen LogP contribution in [0.3, 0.4) is 0 Å². The number of carbonyl (C=O) groups is 2. The van der Waals surface area contributed by atoms with Crippen LogP contribution in [0.5, 0.6) is 0 Å². The fourth-order valence-electron chi connectivity index (χ4n) is 3.92. The molecule has 0 spiro atoms. The number of nitrogens with one attached hydrogen (secondary N) is 1. The van der Waals surface area contributed by atoms with Crippen molar-refractivity contribution >= 4 is 50.5 Å². The van der Waals surface area contributed by atoms with E-state index in [-0.39, 0.29) is 16.3 Å². The Kier molecular flexibility index (Phi) is 6.50. The van der Waals surface area contributed by atoms with Gasteiger partial charge >= 0.3 is 0 Å². The molecule has 5 rings (SSSR count). The summed E-state index contributed by atoms with van der Waals surface area (Å²) < 4.78 is 31.2. The first-order valence-electron chi connectivity index (χ1n) is 11.3. The molecular weight excluding hydrogens is 500 g/mol. The van der Waals surface area contributed by atoms with Crippen molar-refractivity contribution in [2.75, 3.05) is 48.8 Å². The predicted octanol–water partition coefficient (Wildman–Crippen LogP) is 2.09. The summed E-state index contributed by atoms with van der Waals surface area (Å²) in [5.74, 6) is -0.639. The van der Waals surface area contributed by atoms with Crippen LogP contribution in [-0.4, -0.2) is 67.4 Å². The second-order valence-corrected chi connectivity index (χ2v) is 9.97. The SMILES string of the molecule is Nc1ncnc(N2CCOCC2)c1N=Nc1ccc(NC(=O)CN2C(=O)c3ccccc3S2(=O)=O)cc1. The van der Waals surface area contributed by atoms with Crippen LogP contribution < -0.4 is 16.0 Å². The Morgan fingerprint density at radius 1 is 1.05 bits per heavy atom. The van der Waals surface area contributed by atoms with E-state index in [9.17, 15) is 18.0 Å². The summed E-state index contributed by atoms with van der Waals surface area (Å²) in [6, 6.07) is 12.2. The fraction of sp³-hybridized carbons (Fsp3) is 0.217. The van der Waals surface area contributed by atoms with E-state index in [0.29, 0.717) is 53.5 Å². The Balaban J connectivity index is 1.25. The highest BCUT2D eigenvalue weighted by Crippen LogP contribution is 2.33. The van der Waals surface area contributed by atoms with Crippen molar-refractivity contribution in [3.05, 3.63) is 60.4 Å². The number of aromatic nitrogens is 2. The second-order valence-electron chi connectivity index (χ2n) is 8.14.